The van der Waals surface area contributed by atoms with E-state index in [0.717, 1.165) is 19.3 Å². The zero-order chi connectivity index (χ0) is 24.6. The van der Waals surface area contributed by atoms with Crippen LogP contribution < -0.4 is 5.32 Å². The molecular formula is C24H39N3O5S. The van der Waals surface area contributed by atoms with Crippen molar-refractivity contribution in [3.63, 3.8) is 0 Å². The monoisotopic (exact) mass is 481 g/mol. The molecule has 8 nitrogen and oxygen atoms in total. The van der Waals surface area contributed by atoms with Crippen LogP contribution in [0.25, 0.3) is 0 Å². The first-order chi connectivity index (χ1) is 15.6. The van der Waals surface area contributed by atoms with Crippen molar-refractivity contribution in [3.8, 4) is 0 Å². The highest BCUT2D eigenvalue weighted by Crippen LogP contribution is 2.19. The number of hydrogen-bond acceptors (Lipinski definition) is 5. The molecule has 0 saturated carbocycles. The van der Waals surface area contributed by atoms with Crippen molar-refractivity contribution in [2.24, 2.45) is 5.92 Å². The van der Waals surface area contributed by atoms with E-state index in [-0.39, 0.29) is 28.4 Å². The number of ether oxygens (including phenoxy) is 1. The molecule has 1 saturated heterocycles. The topological polar surface area (TPSA) is 96.0 Å². The lowest BCUT2D eigenvalue weighted by Gasteiger charge is -2.36. The Hall–Kier alpha value is -1.97. The summed E-state index contributed by atoms with van der Waals surface area (Å²) >= 11 is 0. The molecule has 0 radical (unpaired) electrons. The molecule has 1 aromatic carbocycles. The van der Waals surface area contributed by atoms with Crippen LogP contribution in [0.4, 0.5) is 0 Å². The number of carbonyl (C=O) groups is 2. The summed E-state index contributed by atoms with van der Waals surface area (Å²) in [7, 11) is -3.69. The van der Waals surface area contributed by atoms with Gasteiger partial charge in [-0.25, -0.2) is 8.42 Å². The molecule has 1 N–H and O–H groups in total. The van der Waals surface area contributed by atoms with Gasteiger partial charge >= 0.3 is 0 Å². The predicted molar refractivity (Wildman–Crippen MR) is 128 cm³/mol. The van der Waals surface area contributed by atoms with E-state index in [0.29, 0.717) is 32.8 Å². The summed E-state index contributed by atoms with van der Waals surface area (Å²) in [6.45, 7) is 11.9. The molecule has 1 heterocycles. The maximum absolute atomic E-state index is 13.3. The number of nitrogens with one attached hydrogen (secondary N) is 1. The zero-order valence-electron chi connectivity index (χ0n) is 20.5. The molecule has 2 rings (SSSR count). The largest absolute Gasteiger partial charge is 0.376 e. The van der Waals surface area contributed by atoms with Crippen molar-refractivity contribution < 1.29 is 22.7 Å². The fourth-order valence-corrected chi connectivity index (χ4v) is 5.51. The Balaban J connectivity index is 2.17. The van der Waals surface area contributed by atoms with Crippen molar-refractivity contribution in [1.29, 1.82) is 0 Å². The van der Waals surface area contributed by atoms with Crippen LogP contribution in [0.2, 0.25) is 0 Å². The standard InChI is InChI=1S/C24H39N3O5S/c1-6-15-32-20-12-10-14-26(17-20)24(29)22(18(4)5)25-23(28)19-11-9-13-21(16-19)33(30,31)27(7-2)8-3/h9,11,13,16,18,20,22H,6-8,10,12,14-15,17H2,1-5H3,(H,25,28). The molecule has 1 fully saturated rings. The van der Waals surface area contributed by atoms with Crippen molar-refractivity contribution >= 4 is 21.8 Å². The Morgan fingerprint density at radius 1 is 1.21 bits per heavy atom. The molecule has 0 spiro atoms. The Bertz CT molecular complexity index is 899. The number of hydrogen-bond donors (Lipinski definition) is 1. The maximum atomic E-state index is 13.3. The maximum Gasteiger partial charge on any atom is 0.251 e. The van der Waals surface area contributed by atoms with Crippen LogP contribution >= 0.6 is 0 Å². The van der Waals surface area contributed by atoms with E-state index < -0.39 is 22.0 Å². The van der Waals surface area contributed by atoms with E-state index in [4.69, 9.17) is 4.74 Å². The summed E-state index contributed by atoms with van der Waals surface area (Å²) in [4.78, 5) is 28.1. The molecule has 0 aromatic heterocycles. The molecular weight excluding hydrogens is 442 g/mol. The van der Waals surface area contributed by atoms with Gasteiger partial charge in [-0.3, -0.25) is 9.59 Å². The SMILES string of the molecule is CCCOC1CCCN(C(=O)C(NC(=O)c2cccc(S(=O)(=O)N(CC)CC)c2)C(C)C)C1. The quantitative estimate of drug-likeness (QED) is 0.524. The fraction of sp³-hybridized carbons (Fsp3) is 0.667. The predicted octanol–water partition coefficient (Wildman–Crippen LogP) is 2.89. The van der Waals surface area contributed by atoms with E-state index in [1.54, 1.807) is 30.9 Å². The van der Waals surface area contributed by atoms with Gasteiger partial charge in [-0.1, -0.05) is 40.7 Å². The summed E-state index contributed by atoms with van der Waals surface area (Å²) in [5.74, 6) is -0.717. The van der Waals surface area contributed by atoms with Crippen molar-refractivity contribution in [1.82, 2.24) is 14.5 Å². The van der Waals surface area contributed by atoms with Gasteiger partial charge in [0.15, 0.2) is 0 Å². The van der Waals surface area contributed by atoms with Gasteiger partial charge in [0.2, 0.25) is 15.9 Å². The van der Waals surface area contributed by atoms with Crippen LogP contribution in [-0.2, 0) is 19.6 Å². The first-order valence-corrected chi connectivity index (χ1v) is 13.4. The molecule has 1 aliphatic rings. The summed E-state index contributed by atoms with van der Waals surface area (Å²) in [5, 5.41) is 2.84. The van der Waals surface area contributed by atoms with Crippen LogP contribution in [0.3, 0.4) is 0 Å². The second kappa shape index (κ2) is 12.5. The van der Waals surface area contributed by atoms with E-state index in [9.17, 15) is 18.0 Å². The molecule has 9 heteroatoms. The van der Waals surface area contributed by atoms with Crippen molar-refractivity contribution in [3.05, 3.63) is 29.8 Å². The highest BCUT2D eigenvalue weighted by Gasteiger charge is 2.32. The number of nitrogens with zero attached hydrogens (tertiary/aromatic N) is 2. The third-order valence-electron chi connectivity index (χ3n) is 5.91. The van der Waals surface area contributed by atoms with Crippen LogP contribution in [-0.4, -0.2) is 74.4 Å². The second-order valence-electron chi connectivity index (χ2n) is 8.73. The number of benzene rings is 1. The van der Waals surface area contributed by atoms with E-state index in [1.165, 1.54) is 16.4 Å². The van der Waals surface area contributed by atoms with Crippen LogP contribution in [0, 0.1) is 5.92 Å². The first kappa shape index (κ1) is 27.3. The molecule has 2 unspecified atom stereocenters. The van der Waals surface area contributed by atoms with Gasteiger partial charge in [-0.05, 0) is 43.4 Å². The Labute approximate surface area is 198 Å². The molecule has 2 atom stereocenters. The van der Waals surface area contributed by atoms with Crippen LogP contribution in [0.1, 0.15) is 64.2 Å². The van der Waals surface area contributed by atoms with Gasteiger partial charge < -0.3 is 15.0 Å². The normalized spacial score (nSPS) is 17.9. The third kappa shape index (κ3) is 7.01. The van der Waals surface area contributed by atoms with Gasteiger partial charge in [0, 0.05) is 38.3 Å². The smallest absolute Gasteiger partial charge is 0.251 e. The first-order valence-electron chi connectivity index (χ1n) is 12.0. The Morgan fingerprint density at radius 3 is 2.52 bits per heavy atom. The summed E-state index contributed by atoms with van der Waals surface area (Å²) in [5.41, 5.74) is 0.212. The Kier molecular flexibility index (Phi) is 10.3. The molecule has 33 heavy (non-hydrogen) atoms. The second-order valence-corrected chi connectivity index (χ2v) is 10.7. The minimum Gasteiger partial charge on any atom is -0.376 e. The summed E-state index contributed by atoms with van der Waals surface area (Å²) in [6, 6.07) is 5.27. The average Bonchev–Trinajstić information content (AvgIpc) is 2.81. The van der Waals surface area contributed by atoms with E-state index in [2.05, 4.69) is 12.2 Å². The Morgan fingerprint density at radius 2 is 1.91 bits per heavy atom. The molecule has 186 valence electrons. The molecule has 0 bridgehead atoms. The summed E-state index contributed by atoms with van der Waals surface area (Å²) < 4.78 is 32.9. The van der Waals surface area contributed by atoms with Crippen molar-refractivity contribution in [2.75, 3.05) is 32.8 Å². The average molecular weight is 482 g/mol. The highest BCUT2D eigenvalue weighted by atomic mass is 32.2. The molecule has 1 aliphatic heterocycles. The van der Waals surface area contributed by atoms with E-state index >= 15 is 0 Å². The number of piperidine rings is 1. The number of sulfonamides is 1. The van der Waals surface area contributed by atoms with Gasteiger partial charge in [0.05, 0.1) is 11.0 Å². The third-order valence-corrected chi connectivity index (χ3v) is 7.95. The minimum atomic E-state index is -3.69. The fourth-order valence-electron chi connectivity index (χ4n) is 4.00. The lowest BCUT2D eigenvalue weighted by atomic mass is 10.00. The van der Waals surface area contributed by atoms with Crippen LogP contribution in [0.5, 0.6) is 0 Å². The number of rotatable bonds is 11. The van der Waals surface area contributed by atoms with Crippen molar-refractivity contribution in [2.45, 2.75) is 70.9 Å². The van der Waals surface area contributed by atoms with Gasteiger partial charge in [-0.15, -0.1) is 0 Å². The number of carbonyl (C=O) groups excluding carboxylic acids is 2. The molecule has 0 aliphatic carbocycles. The zero-order valence-corrected chi connectivity index (χ0v) is 21.4. The number of amides is 2. The molecule has 1 aromatic rings. The van der Waals surface area contributed by atoms with Gasteiger partial charge in [0.1, 0.15) is 6.04 Å². The van der Waals surface area contributed by atoms with E-state index in [1.807, 2.05) is 13.8 Å². The number of likely N-dealkylation sites (tertiary alicyclic amines) is 1. The lowest BCUT2D eigenvalue weighted by molar-refractivity contribution is -0.138. The molecule has 2 amide bonds. The highest BCUT2D eigenvalue weighted by molar-refractivity contribution is 7.89. The van der Waals surface area contributed by atoms with Gasteiger partial charge in [0.25, 0.3) is 5.91 Å². The van der Waals surface area contributed by atoms with Crippen LogP contribution in [0.15, 0.2) is 29.2 Å². The summed E-state index contributed by atoms with van der Waals surface area (Å²) in [6.07, 6.45) is 2.74. The minimum absolute atomic E-state index is 0.0214. The van der Waals surface area contributed by atoms with Gasteiger partial charge in [-0.2, -0.15) is 4.31 Å². The lowest BCUT2D eigenvalue weighted by Crippen LogP contribution is -2.54.